The summed E-state index contributed by atoms with van der Waals surface area (Å²) < 4.78 is 22.3. The topological polar surface area (TPSA) is 81.5 Å². The van der Waals surface area contributed by atoms with E-state index in [1.54, 1.807) is 38.3 Å². The minimum absolute atomic E-state index is 0.0756. The van der Waals surface area contributed by atoms with E-state index in [4.69, 9.17) is 18.9 Å². The molecule has 0 spiro atoms. The van der Waals surface area contributed by atoms with Crippen molar-refractivity contribution >= 4 is 11.9 Å². The van der Waals surface area contributed by atoms with E-state index in [9.17, 15) is 9.90 Å². The molecule has 0 unspecified atom stereocenters. The molecule has 1 fully saturated rings. The number of nitrogens with one attached hydrogen (secondary N) is 1. The summed E-state index contributed by atoms with van der Waals surface area (Å²) in [7, 11) is 4.59. The maximum absolute atomic E-state index is 13.2. The van der Waals surface area contributed by atoms with Crippen molar-refractivity contribution in [2.24, 2.45) is 0 Å². The molecule has 31 heavy (non-hydrogen) atoms. The van der Waals surface area contributed by atoms with Crippen molar-refractivity contribution in [1.29, 1.82) is 0 Å². The SMILES string of the molecule is COc1ccc(/C=C2\Oc3c(C[NH+]4CCCC4)c([O-])cc(C)c3C2=O)c(OC)c1OC. The van der Waals surface area contributed by atoms with E-state index < -0.39 is 0 Å². The van der Waals surface area contributed by atoms with Crippen LogP contribution >= 0.6 is 0 Å². The smallest absolute Gasteiger partial charge is 0.232 e. The van der Waals surface area contributed by atoms with Crippen LogP contribution in [0.15, 0.2) is 24.0 Å². The Morgan fingerprint density at radius 3 is 2.45 bits per heavy atom. The molecule has 2 heterocycles. The van der Waals surface area contributed by atoms with Gasteiger partial charge in [0, 0.05) is 24.0 Å². The molecule has 0 atom stereocenters. The molecule has 2 aliphatic rings. The molecule has 0 aromatic heterocycles. The number of fused-ring (bicyclic) bond motifs is 1. The highest BCUT2D eigenvalue weighted by molar-refractivity contribution is 6.16. The van der Waals surface area contributed by atoms with Crippen molar-refractivity contribution in [1.82, 2.24) is 0 Å². The van der Waals surface area contributed by atoms with Gasteiger partial charge in [0.15, 0.2) is 17.3 Å². The number of hydrogen-bond donors (Lipinski definition) is 1. The molecule has 7 heteroatoms. The zero-order valence-corrected chi connectivity index (χ0v) is 18.3. The van der Waals surface area contributed by atoms with Crippen molar-refractivity contribution in [2.75, 3.05) is 34.4 Å². The van der Waals surface area contributed by atoms with E-state index in [1.165, 1.54) is 19.1 Å². The number of hydrogen-bond acceptors (Lipinski definition) is 6. The Bertz CT molecular complexity index is 1050. The summed E-state index contributed by atoms with van der Waals surface area (Å²) in [6.07, 6.45) is 3.93. The van der Waals surface area contributed by atoms with Gasteiger partial charge in [-0.05, 0) is 30.7 Å². The summed E-state index contributed by atoms with van der Waals surface area (Å²) in [5.74, 6) is 1.64. The van der Waals surface area contributed by atoms with Gasteiger partial charge in [-0.15, -0.1) is 0 Å². The van der Waals surface area contributed by atoms with E-state index in [1.807, 2.05) is 0 Å². The lowest BCUT2D eigenvalue weighted by molar-refractivity contribution is -0.901. The predicted octanol–water partition coefficient (Wildman–Crippen LogP) is 1.89. The van der Waals surface area contributed by atoms with Crippen LogP contribution in [-0.4, -0.2) is 40.2 Å². The second-order valence-corrected chi connectivity index (χ2v) is 7.87. The number of rotatable bonds is 6. The van der Waals surface area contributed by atoms with Crippen LogP contribution in [0.1, 0.15) is 39.9 Å². The quantitative estimate of drug-likeness (QED) is 0.712. The van der Waals surface area contributed by atoms with E-state index in [0.717, 1.165) is 25.9 Å². The first kappa shape index (κ1) is 21.1. The lowest BCUT2D eigenvalue weighted by atomic mass is 9.99. The highest BCUT2D eigenvalue weighted by atomic mass is 16.5. The Hall–Kier alpha value is -3.19. The van der Waals surface area contributed by atoms with Crippen molar-refractivity contribution in [2.45, 2.75) is 26.3 Å². The highest BCUT2D eigenvalue weighted by Crippen LogP contribution is 2.43. The minimum atomic E-state index is -0.234. The molecule has 2 aromatic carbocycles. The fourth-order valence-corrected chi connectivity index (χ4v) is 4.42. The molecule has 2 aliphatic heterocycles. The third-order valence-corrected chi connectivity index (χ3v) is 5.96. The number of carbonyl (C=O) groups excluding carboxylic acids is 1. The minimum Gasteiger partial charge on any atom is -0.872 e. The number of methoxy groups -OCH3 is 3. The molecular weight excluding hydrogens is 398 g/mol. The number of likely N-dealkylation sites (tertiary alicyclic amines) is 1. The van der Waals surface area contributed by atoms with Crippen LogP contribution < -0.4 is 29.0 Å². The summed E-state index contributed by atoms with van der Waals surface area (Å²) in [6, 6.07) is 5.06. The summed E-state index contributed by atoms with van der Waals surface area (Å²) in [5, 5.41) is 12.7. The summed E-state index contributed by atoms with van der Waals surface area (Å²) in [5.41, 5.74) is 2.29. The van der Waals surface area contributed by atoms with Gasteiger partial charge in [0.1, 0.15) is 12.3 Å². The van der Waals surface area contributed by atoms with Gasteiger partial charge in [0.25, 0.3) is 0 Å². The molecule has 1 N–H and O–H groups in total. The maximum Gasteiger partial charge on any atom is 0.232 e. The standard InChI is InChI=1S/C24H27NO6/c1-14-11-17(26)16(13-25-9-5-6-10-25)23-20(14)21(27)19(31-23)12-15-7-8-18(28-2)24(30-4)22(15)29-3/h7-8,11-12,26H,5-6,9-10,13H2,1-4H3/b19-12-. The van der Waals surface area contributed by atoms with Crippen LogP contribution in [0, 0.1) is 6.92 Å². The average Bonchev–Trinajstić information content (AvgIpc) is 3.38. The largest absolute Gasteiger partial charge is 0.872 e. The van der Waals surface area contributed by atoms with Gasteiger partial charge in [-0.1, -0.05) is 11.8 Å². The lowest BCUT2D eigenvalue weighted by Crippen LogP contribution is -3.08. The summed E-state index contributed by atoms with van der Waals surface area (Å²) in [6.45, 7) is 4.40. The number of aryl methyl sites for hydroxylation is 1. The Morgan fingerprint density at radius 1 is 1.10 bits per heavy atom. The number of quaternary nitrogens is 1. The van der Waals surface area contributed by atoms with E-state index in [2.05, 4.69) is 0 Å². The molecule has 4 rings (SSSR count). The molecule has 1 saturated heterocycles. The number of benzene rings is 2. The number of ether oxygens (including phenoxy) is 4. The molecule has 0 radical (unpaired) electrons. The van der Waals surface area contributed by atoms with E-state index >= 15 is 0 Å². The average molecular weight is 425 g/mol. The number of carbonyl (C=O) groups is 1. The Kier molecular flexibility index (Phi) is 5.78. The fraction of sp³-hybridized carbons (Fsp3) is 0.375. The second-order valence-electron chi connectivity index (χ2n) is 7.87. The number of Topliss-reactive ketones (excluding diaryl/α,β-unsaturated/α-hetero) is 1. The van der Waals surface area contributed by atoms with Gasteiger partial charge in [0.2, 0.25) is 11.5 Å². The highest BCUT2D eigenvalue weighted by Gasteiger charge is 2.33. The van der Waals surface area contributed by atoms with Gasteiger partial charge in [-0.3, -0.25) is 4.79 Å². The Balaban J connectivity index is 1.76. The lowest BCUT2D eigenvalue weighted by Gasteiger charge is -2.21. The van der Waals surface area contributed by atoms with Gasteiger partial charge in [0.05, 0.1) is 40.0 Å². The first-order valence-electron chi connectivity index (χ1n) is 10.4. The van der Waals surface area contributed by atoms with Crippen LogP contribution in [0.25, 0.3) is 6.08 Å². The zero-order valence-electron chi connectivity index (χ0n) is 18.3. The molecule has 0 aliphatic carbocycles. The molecular formula is C24H27NO6. The van der Waals surface area contributed by atoms with Crippen molar-refractivity contribution < 1.29 is 33.7 Å². The maximum atomic E-state index is 13.2. The third kappa shape index (κ3) is 3.70. The molecule has 2 aromatic rings. The van der Waals surface area contributed by atoms with Crippen LogP contribution in [0.2, 0.25) is 0 Å². The number of allylic oxidation sites excluding steroid dienone is 1. The van der Waals surface area contributed by atoms with Crippen molar-refractivity contribution in [3.63, 3.8) is 0 Å². The molecule has 0 saturated carbocycles. The van der Waals surface area contributed by atoms with Crippen LogP contribution in [0.3, 0.4) is 0 Å². The Morgan fingerprint density at radius 2 is 1.81 bits per heavy atom. The van der Waals surface area contributed by atoms with Gasteiger partial charge >= 0.3 is 0 Å². The fourth-order valence-electron chi connectivity index (χ4n) is 4.42. The molecule has 7 nitrogen and oxygen atoms in total. The first-order valence-corrected chi connectivity index (χ1v) is 10.4. The van der Waals surface area contributed by atoms with Crippen molar-refractivity contribution in [3.05, 3.63) is 46.2 Å². The Labute approximate surface area is 181 Å². The van der Waals surface area contributed by atoms with E-state index in [0.29, 0.717) is 51.8 Å². The van der Waals surface area contributed by atoms with Gasteiger partial charge < -0.3 is 29.0 Å². The molecule has 0 bridgehead atoms. The number of ketones is 1. The van der Waals surface area contributed by atoms with Gasteiger partial charge in [-0.2, -0.15) is 0 Å². The van der Waals surface area contributed by atoms with E-state index in [-0.39, 0.29) is 17.3 Å². The molecule has 0 amide bonds. The van der Waals surface area contributed by atoms with Crippen LogP contribution in [-0.2, 0) is 6.54 Å². The van der Waals surface area contributed by atoms with Crippen LogP contribution in [0.5, 0.6) is 28.7 Å². The second kappa shape index (κ2) is 8.51. The first-order chi connectivity index (χ1) is 15.0. The van der Waals surface area contributed by atoms with Crippen LogP contribution in [0.4, 0.5) is 0 Å². The normalized spacial score (nSPS) is 17.0. The third-order valence-electron chi connectivity index (χ3n) is 5.96. The monoisotopic (exact) mass is 425 g/mol. The summed E-state index contributed by atoms with van der Waals surface area (Å²) >= 11 is 0. The van der Waals surface area contributed by atoms with Crippen molar-refractivity contribution in [3.8, 4) is 28.7 Å². The molecule has 164 valence electrons. The predicted molar refractivity (Wildman–Crippen MR) is 113 cm³/mol. The zero-order chi connectivity index (χ0) is 22.1. The van der Waals surface area contributed by atoms with Gasteiger partial charge in [-0.25, -0.2) is 0 Å². The summed E-state index contributed by atoms with van der Waals surface area (Å²) in [4.78, 5) is 14.5.